The number of guanidine groups is 1. The van der Waals surface area contributed by atoms with Gasteiger partial charge in [-0.25, -0.2) is 0 Å². The first-order valence-electron chi connectivity index (χ1n) is 9.07. The van der Waals surface area contributed by atoms with Crippen LogP contribution in [0.5, 0.6) is 17.2 Å². The monoisotopic (exact) mass is 549 g/mol. The maximum atomic E-state index is 6.08. The van der Waals surface area contributed by atoms with Crippen LogP contribution in [0.25, 0.3) is 0 Å². The molecule has 0 spiro atoms. The third kappa shape index (κ3) is 7.10. The van der Waals surface area contributed by atoms with E-state index >= 15 is 0 Å². The van der Waals surface area contributed by atoms with E-state index in [9.17, 15) is 0 Å². The van der Waals surface area contributed by atoms with Crippen LogP contribution >= 0.6 is 35.6 Å². The Bertz CT molecular complexity index is 811. The first kappa shape index (κ1) is 26.1. The van der Waals surface area contributed by atoms with Crippen LogP contribution < -0.4 is 24.8 Å². The van der Waals surface area contributed by atoms with Crippen LogP contribution in [0.1, 0.15) is 17.2 Å². The summed E-state index contributed by atoms with van der Waals surface area (Å²) in [6, 6.07) is 11.4. The van der Waals surface area contributed by atoms with E-state index in [0.29, 0.717) is 41.3 Å². The van der Waals surface area contributed by atoms with Crippen molar-refractivity contribution in [1.29, 1.82) is 0 Å². The Hall–Kier alpha value is -1.91. The third-order valence-electron chi connectivity index (χ3n) is 4.37. The number of nitrogens with zero attached hydrogens (tertiary/aromatic N) is 1. The Morgan fingerprint density at radius 1 is 1.00 bits per heavy atom. The van der Waals surface area contributed by atoms with Gasteiger partial charge in [-0.3, -0.25) is 4.99 Å². The van der Waals surface area contributed by atoms with E-state index in [0.717, 1.165) is 11.1 Å². The van der Waals surface area contributed by atoms with Crippen molar-refractivity contribution in [2.24, 2.45) is 4.99 Å². The van der Waals surface area contributed by atoms with Crippen molar-refractivity contribution in [1.82, 2.24) is 10.6 Å². The molecular weight excluding hydrogens is 521 g/mol. The van der Waals surface area contributed by atoms with Crippen molar-refractivity contribution >= 4 is 41.5 Å². The number of methoxy groups -OCH3 is 4. The van der Waals surface area contributed by atoms with Gasteiger partial charge < -0.3 is 29.6 Å². The van der Waals surface area contributed by atoms with Gasteiger partial charge in [-0.05, 0) is 35.4 Å². The number of hydrogen-bond donors (Lipinski definition) is 2. The zero-order valence-corrected chi connectivity index (χ0v) is 20.9. The number of nitrogens with one attached hydrogen (secondary N) is 2. The Morgan fingerprint density at radius 2 is 1.67 bits per heavy atom. The summed E-state index contributed by atoms with van der Waals surface area (Å²) in [5.41, 5.74) is 1.95. The molecule has 0 aliphatic heterocycles. The topological polar surface area (TPSA) is 73.3 Å². The lowest BCUT2D eigenvalue weighted by atomic mass is 10.1. The van der Waals surface area contributed by atoms with Gasteiger partial charge in [-0.2, -0.15) is 0 Å². The fourth-order valence-corrected chi connectivity index (χ4v) is 3.08. The average Bonchev–Trinajstić information content (AvgIpc) is 2.75. The Labute approximate surface area is 200 Å². The Balaban J connectivity index is 0.00000450. The van der Waals surface area contributed by atoms with Gasteiger partial charge in [-0.15, -0.1) is 24.0 Å². The fraction of sp³-hybridized carbons (Fsp3) is 0.381. The molecule has 1 unspecified atom stereocenters. The molecule has 2 aromatic rings. The number of aliphatic imine (C=N–C) groups is 1. The SMILES string of the molecule is CN=C(NCc1cc(OC)c(OC)c(OC)c1)NCC(OC)c1cccc(Cl)c1.I. The second-order valence-electron chi connectivity index (χ2n) is 6.12. The summed E-state index contributed by atoms with van der Waals surface area (Å²) in [5.74, 6) is 2.41. The van der Waals surface area contributed by atoms with E-state index in [1.54, 1.807) is 35.5 Å². The van der Waals surface area contributed by atoms with Crippen LogP contribution in [-0.2, 0) is 11.3 Å². The summed E-state index contributed by atoms with van der Waals surface area (Å²) in [6.45, 7) is 1.05. The molecule has 30 heavy (non-hydrogen) atoms. The van der Waals surface area contributed by atoms with Crippen LogP contribution in [0.15, 0.2) is 41.4 Å². The van der Waals surface area contributed by atoms with Crippen molar-refractivity contribution in [3.63, 3.8) is 0 Å². The molecule has 0 heterocycles. The number of ether oxygens (including phenoxy) is 4. The molecule has 9 heteroatoms. The largest absolute Gasteiger partial charge is 0.493 e. The maximum absolute atomic E-state index is 6.08. The number of halogens is 2. The normalized spacial score (nSPS) is 11.9. The van der Waals surface area contributed by atoms with E-state index < -0.39 is 0 Å². The summed E-state index contributed by atoms with van der Waals surface area (Å²) in [6.07, 6.45) is -0.159. The highest BCUT2D eigenvalue weighted by atomic mass is 127. The van der Waals surface area contributed by atoms with E-state index in [2.05, 4.69) is 15.6 Å². The van der Waals surface area contributed by atoms with Crippen molar-refractivity contribution in [2.75, 3.05) is 42.0 Å². The van der Waals surface area contributed by atoms with Gasteiger partial charge in [0, 0.05) is 32.3 Å². The first-order valence-corrected chi connectivity index (χ1v) is 9.45. The second-order valence-corrected chi connectivity index (χ2v) is 6.56. The lowest BCUT2D eigenvalue weighted by Crippen LogP contribution is -2.39. The van der Waals surface area contributed by atoms with Gasteiger partial charge in [0.25, 0.3) is 0 Å². The summed E-state index contributed by atoms with van der Waals surface area (Å²) >= 11 is 6.08. The summed E-state index contributed by atoms with van der Waals surface area (Å²) in [4.78, 5) is 4.27. The van der Waals surface area contributed by atoms with E-state index in [4.69, 9.17) is 30.5 Å². The van der Waals surface area contributed by atoms with Crippen LogP contribution in [0.4, 0.5) is 0 Å². The number of benzene rings is 2. The smallest absolute Gasteiger partial charge is 0.203 e. The van der Waals surface area contributed by atoms with Gasteiger partial charge >= 0.3 is 0 Å². The van der Waals surface area contributed by atoms with Crippen molar-refractivity contribution in [3.05, 3.63) is 52.5 Å². The standard InChI is InChI=1S/C21H28ClN3O4.HI/c1-23-21(25-13-19(28-4)15-7-6-8-16(22)11-15)24-12-14-9-17(26-2)20(29-5)18(10-14)27-3;/h6-11,19H,12-13H2,1-5H3,(H2,23,24,25);1H. The predicted molar refractivity (Wildman–Crippen MR) is 131 cm³/mol. The molecule has 0 saturated heterocycles. The average molecular weight is 550 g/mol. The van der Waals surface area contributed by atoms with Crippen LogP contribution in [0, 0.1) is 0 Å². The van der Waals surface area contributed by atoms with Crippen LogP contribution in [-0.4, -0.2) is 48.0 Å². The zero-order chi connectivity index (χ0) is 21.2. The molecule has 166 valence electrons. The number of hydrogen-bond acceptors (Lipinski definition) is 5. The molecule has 0 radical (unpaired) electrons. The summed E-state index contributed by atoms with van der Waals surface area (Å²) in [5, 5.41) is 7.22. The minimum absolute atomic E-state index is 0. The fourth-order valence-electron chi connectivity index (χ4n) is 2.88. The highest BCUT2D eigenvalue weighted by Gasteiger charge is 2.14. The van der Waals surface area contributed by atoms with Gasteiger partial charge in [0.15, 0.2) is 17.5 Å². The highest BCUT2D eigenvalue weighted by Crippen LogP contribution is 2.38. The molecule has 0 fully saturated rings. The second kappa shape index (κ2) is 13.4. The molecule has 2 aromatic carbocycles. The van der Waals surface area contributed by atoms with Crippen molar-refractivity contribution in [3.8, 4) is 17.2 Å². The van der Waals surface area contributed by atoms with E-state index in [1.807, 2.05) is 36.4 Å². The Kier molecular flexibility index (Phi) is 11.7. The lowest BCUT2D eigenvalue weighted by molar-refractivity contribution is 0.106. The molecule has 1 atom stereocenters. The van der Waals surface area contributed by atoms with Crippen molar-refractivity contribution < 1.29 is 18.9 Å². The molecule has 0 aromatic heterocycles. The van der Waals surface area contributed by atoms with Gasteiger partial charge in [0.05, 0.1) is 27.4 Å². The third-order valence-corrected chi connectivity index (χ3v) is 4.60. The van der Waals surface area contributed by atoms with E-state index in [-0.39, 0.29) is 30.1 Å². The molecule has 2 N–H and O–H groups in total. The highest BCUT2D eigenvalue weighted by molar-refractivity contribution is 14.0. The quantitative estimate of drug-likeness (QED) is 0.280. The molecule has 0 saturated carbocycles. The van der Waals surface area contributed by atoms with E-state index in [1.165, 1.54) is 0 Å². The van der Waals surface area contributed by atoms with Gasteiger partial charge in [0.1, 0.15) is 0 Å². The molecule has 0 bridgehead atoms. The van der Waals surface area contributed by atoms with Crippen LogP contribution in [0.3, 0.4) is 0 Å². The molecule has 7 nitrogen and oxygen atoms in total. The van der Waals surface area contributed by atoms with Crippen LogP contribution in [0.2, 0.25) is 5.02 Å². The lowest BCUT2D eigenvalue weighted by Gasteiger charge is -2.19. The molecule has 0 amide bonds. The molecular formula is C21H29ClIN3O4. The minimum atomic E-state index is -0.159. The zero-order valence-electron chi connectivity index (χ0n) is 17.8. The minimum Gasteiger partial charge on any atom is -0.493 e. The molecule has 0 aliphatic rings. The molecule has 2 rings (SSSR count). The molecule has 0 aliphatic carbocycles. The van der Waals surface area contributed by atoms with Gasteiger partial charge in [-0.1, -0.05) is 23.7 Å². The summed E-state index contributed by atoms with van der Waals surface area (Å²) in [7, 11) is 8.15. The number of rotatable bonds is 9. The Morgan fingerprint density at radius 3 is 2.17 bits per heavy atom. The predicted octanol–water partition coefficient (Wildman–Crippen LogP) is 4.04. The van der Waals surface area contributed by atoms with Gasteiger partial charge in [0.2, 0.25) is 5.75 Å². The van der Waals surface area contributed by atoms with Crippen molar-refractivity contribution in [2.45, 2.75) is 12.6 Å². The first-order chi connectivity index (χ1) is 14.1. The summed E-state index contributed by atoms with van der Waals surface area (Å²) < 4.78 is 21.7. The maximum Gasteiger partial charge on any atom is 0.203 e.